The van der Waals surface area contributed by atoms with Crippen LogP contribution in [0, 0.1) is 5.82 Å². The van der Waals surface area contributed by atoms with Crippen molar-refractivity contribution >= 4 is 17.0 Å². The van der Waals surface area contributed by atoms with E-state index in [1.807, 2.05) is 0 Å². The van der Waals surface area contributed by atoms with Crippen LogP contribution in [0.5, 0.6) is 0 Å². The normalized spacial score (nSPS) is 10.8. The number of fused-ring (bicyclic) bond motifs is 1. The third kappa shape index (κ3) is 2.11. The van der Waals surface area contributed by atoms with Crippen LogP contribution in [0.15, 0.2) is 47.4 Å². The van der Waals surface area contributed by atoms with Crippen molar-refractivity contribution in [3.8, 4) is 0 Å². The van der Waals surface area contributed by atoms with Crippen molar-refractivity contribution in [1.82, 2.24) is 14.5 Å². The summed E-state index contributed by atoms with van der Waals surface area (Å²) in [6, 6.07) is 9.37. The number of nitrogens with two attached hydrogens (primary N) is 1. The molecule has 0 radical (unpaired) electrons. The van der Waals surface area contributed by atoms with Crippen LogP contribution in [-0.4, -0.2) is 14.5 Å². The molecule has 0 saturated heterocycles. The molecule has 0 unspecified atom stereocenters. The predicted octanol–water partition coefficient (Wildman–Crippen LogP) is 1.56. The number of halogens is 1. The first kappa shape index (κ1) is 12.3. The van der Waals surface area contributed by atoms with Crippen molar-refractivity contribution in [2.75, 3.05) is 5.73 Å². The number of rotatable bonds is 2. The number of nitrogens with zero attached hydrogens (tertiary/aromatic N) is 3. The van der Waals surface area contributed by atoms with Gasteiger partial charge in [0.2, 0.25) is 5.95 Å². The minimum Gasteiger partial charge on any atom is -0.369 e. The number of benzene rings is 1. The summed E-state index contributed by atoms with van der Waals surface area (Å²) in [4.78, 5) is 19.7. The Kier molecular flexibility index (Phi) is 2.90. The van der Waals surface area contributed by atoms with Gasteiger partial charge in [-0.15, -0.1) is 0 Å². The fourth-order valence-corrected chi connectivity index (χ4v) is 2.04. The number of pyridine rings is 1. The van der Waals surface area contributed by atoms with Crippen LogP contribution in [0.2, 0.25) is 0 Å². The first-order valence-electron chi connectivity index (χ1n) is 6.00. The van der Waals surface area contributed by atoms with Crippen molar-refractivity contribution < 1.29 is 4.39 Å². The van der Waals surface area contributed by atoms with E-state index in [0.717, 1.165) is 5.56 Å². The van der Waals surface area contributed by atoms with E-state index in [1.165, 1.54) is 12.1 Å². The molecule has 2 aromatic heterocycles. The summed E-state index contributed by atoms with van der Waals surface area (Å²) in [7, 11) is 0. The maximum absolute atomic E-state index is 12.9. The molecule has 0 bridgehead atoms. The van der Waals surface area contributed by atoms with E-state index < -0.39 is 5.56 Å². The third-order valence-electron chi connectivity index (χ3n) is 3.02. The van der Waals surface area contributed by atoms with Crippen LogP contribution in [0.1, 0.15) is 5.56 Å². The van der Waals surface area contributed by atoms with Crippen molar-refractivity contribution in [3.63, 3.8) is 0 Å². The van der Waals surface area contributed by atoms with Crippen molar-refractivity contribution in [2.45, 2.75) is 6.54 Å². The summed E-state index contributed by atoms with van der Waals surface area (Å²) in [5.41, 5.74) is 6.71. The SMILES string of the molecule is Nc1nc(=O)c2cccnc2n1Cc1ccc(F)cc1. The molecule has 0 atom stereocenters. The smallest absolute Gasteiger partial charge is 0.283 e. The summed E-state index contributed by atoms with van der Waals surface area (Å²) < 4.78 is 14.5. The van der Waals surface area contributed by atoms with Gasteiger partial charge in [-0.3, -0.25) is 9.36 Å². The van der Waals surface area contributed by atoms with Crippen LogP contribution in [0.25, 0.3) is 11.0 Å². The quantitative estimate of drug-likeness (QED) is 0.767. The molecular weight excluding hydrogens is 259 g/mol. The molecule has 3 aromatic rings. The Morgan fingerprint density at radius 3 is 2.70 bits per heavy atom. The molecule has 20 heavy (non-hydrogen) atoms. The lowest BCUT2D eigenvalue weighted by Gasteiger charge is -2.12. The predicted molar refractivity (Wildman–Crippen MR) is 73.7 cm³/mol. The topological polar surface area (TPSA) is 73.8 Å². The zero-order valence-electron chi connectivity index (χ0n) is 10.5. The Balaban J connectivity index is 2.16. The van der Waals surface area contributed by atoms with Crippen LogP contribution in [-0.2, 0) is 6.54 Å². The van der Waals surface area contributed by atoms with Gasteiger partial charge in [0.05, 0.1) is 11.9 Å². The van der Waals surface area contributed by atoms with E-state index >= 15 is 0 Å². The highest BCUT2D eigenvalue weighted by atomic mass is 19.1. The van der Waals surface area contributed by atoms with Crippen molar-refractivity contribution in [2.24, 2.45) is 0 Å². The first-order valence-corrected chi connectivity index (χ1v) is 6.00. The lowest BCUT2D eigenvalue weighted by Crippen LogP contribution is -2.19. The standard InChI is InChI=1S/C14H11FN4O/c15-10-5-3-9(4-6-10)8-19-12-11(2-1-7-17-12)13(20)18-14(19)16/h1-7H,8H2,(H2,16,18,20). The highest BCUT2D eigenvalue weighted by Gasteiger charge is 2.09. The Morgan fingerprint density at radius 2 is 1.95 bits per heavy atom. The zero-order valence-corrected chi connectivity index (χ0v) is 10.5. The Hall–Kier alpha value is -2.76. The maximum atomic E-state index is 12.9. The lowest BCUT2D eigenvalue weighted by atomic mass is 10.2. The van der Waals surface area contributed by atoms with Gasteiger partial charge >= 0.3 is 0 Å². The molecule has 0 amide bonds. The molecule has 1 aromatic carbocycles. The molecule has 0 aliphatic heterocycles. The fourth-order valence-electron chi connectivity index (χ4n) is 2.04. The number of aromatic nitrogens is 3. The average molecular weight is 270 g/mol. The maximum Gasteiger partial charge on any atom is 0.283 e. The largest absolute Gasteiger partial charge is 0.369 e. The van der Waals surface area contributed by atoms with Gasteiger partial charge in [0.25, 0.3) is 5.56 Å². The molecule has 100 valence electrons. The highest BCUT2D eigenvalue weighted by molar-refractivity contribution is 5.75. The first-order chi connectivity index (χ1) is 9.65. The van der Waals surface area contributed by atoms with Gasteiger partial charge in [0, 0.05) is 6.20 Å². The zero-order chi connectivity index (χ0) is 14.1. The molecule has 0 spiro atoms. The second kappa shape index (κ2) is 4.73. The molecule has 0 saturated carbocycles. The fraction of sp³-hybridized carbons (Fsp3) is 0.0714. The number of hydrogen-bond acceptors (Lipinski definition) is 4. The van der Waals surface area contributed by atoms with Crippen LogP contribution in [0.3, 0.4) is 0 Å². The molecule has 5 nitrogen and oxygen atoms in total. The molecule has 3 rings (SSSR count). The highest BCUT2D eigenvalue weighted by Crippen LogP contribution is 2.13. The van der Waals surface area contributed by atoms with E-state index in [4.69, 9.17) is 5.73 Å². The van der Waals surface area contributed by atoms with Crippen LogP contribution >= 0.6 is 0 Å². The van der Waals surface area contributed by atoms with Gasteiger partial charge in [0.15, 0.2) is 0 Å². The summed E-state index contributed by atoms with van der Waals surface area (Å²) in [6.07, 6.45) is 1.59. The van der Waals surface area contributed by atoms with E-state index in [2.05, 4.69) is 9.97 Å². The van der Waals surface area contributed by atoms with Crippen molar-refractivity contribution in [3.05, 3.63) is 64.3 Å². The average Bonchev–Trinajstić information content (AvgIpc) is 2.45. The number of anilines is 1. The van der Waals surface area contributed by atoms with Gasteiger partial charge in [-0.1, -0.05) is 12.1 Å². The van der Waals surface area contributed by atoms with Crippen LogP contribution in [0.4, 0.5) is 10.3 Å². The van der Waals surface area contributed by atoms with Gasteiger partial charge in [-0.25, -0.2) is 9.37 Å². The van der Waals surface area contributed by atoms with Crippen molar-refractivity contribution in [1.29, 1.82) is 0 Å². The van der Waals surface area contributed by atoms with E-state index in [-0.39, 0.29) is 11.8 Å². The molecule has 2 N–H and O–H groups in total. The minimum absolute atomic E-state index is 0.0884. The van der Waals surface area contributed by atoms with E-state index in [1.54, 1.807) is 35.0 Å². The minimum atomic E-state index is -0.402. The number of hydrogen-bond donors (Lipinski definition) is 1. The molecule has 0 aliphatic carbocycles. The Labute approximate surface area is 113 Å². The molecular formula is C14H11FN4O. The lowest BCUT2D eigenvalue weighted by molar-refractivity contribution is 0.626. The second-order valence-corrected chi connectivity index (χ2v) is 4.36. The van der Waals surface area contributed by atoms with Gasteiger partial charge in [0.1, 0.15) is 11.5 Å². The molecule has 2 heterocycles. The Morgan fingerprint density at radius 1 is 1.20 bits per heavy atom. The summed E-state index contributed by atoms with van der Waals surface area (Å²) >= 11 is 0. The van der Waals surface area contributed by atoms with Gasteiger partial charge in [-0.2, -0.15) is 4.98 Å². The van der Waals surface area contributed by atoms with E-state index in [9.17, 15) is 9.18 Å². The number of nitrogen functional groups attached to an aromatic ring is 1. The van der Waals surface area contributed by atoms with Gasteiger partial charge in [-0.05, 0) is 29.8 Å². The third-order valence-corrected chi connectivity index (χ3v) is 3.02. The summed E-state index contributed by atoms with van der Waals surface area (Å²) in [5.74, 6) is -0.215. The Bertz CT molecular complexity index is 827. The van der Waals surface area contributed by atoms with Gasteiger partial charge < -0.3 is 5.73 Å². The summed E-state index contributed by atoms with van der Waals surface area (Å²) in [5, 5.41) is 0.406. The van der Waals surface area contributed by atoms with Crippen LogP contribution < -0.4 is 11.3 Å². The molecule has 6 heteroatoms. The summed E-state index contributed by atoms with van der Waals surface area (Å²) in [6.45, 7) is 0.368. The second-order valence-electron chi connectivity index (χ2n) is 4.36. The van der Waals surface area contributed by atoms with E-state index in [0.29, 0.717) is 17.6 Å². The molecule has 0 aliphatic rings. The monoisotopic (exact) mass is 270 g/mol. The molecule has 0 fully saturated rings.